The Kier molecular flexibility index (Phi) is 9.95. The summed E-state index contributed by atoms with van der Waals surface area (Å²) in [6.07, 6.45) is 0.832. The van der Waals surface area contributed by atoms with Crippen molar-refractivity contribution in [3.8, 4) is 11.5 Å². The van der Waals surface area contributed by atoms with E-state index in [1.807, 2.05) is 24.3 Å². The molecule has 0 aliphatic carbocycles. The third kappa shape index (κ3) is 7.96. The van der Waals surface area contributed by atoms with Crippen LogP contribution in [0.3, 0.4) is 0 Å². The van der Waals surface area contributed by atoms with Crippen molar-refractivity contribution in [1.82, 2.24) is 10.9 Å². The molecule has 0 radical (unpaired) electrons. The molecule has 2 rings (SSSR count). The summed E-state index contributed by atoms with van der Waals surface area (Å²) in [4.78, 5) is 24.2. The van der Waals surface area contributed by atoms with E-state index >= 15 is 0 Å². The Morgan fingerprint density at radius 1 is 1.03 bits per heavy atom. The minimum atomic E-state index is -0.763. The molecule has 6 nitrogen and oxygen atoms in total. The second-order valence-corrected chi connectivity index (χ2v) is 8.02. The minimum Gasteiger partial charge on any atom is -0.492 e. The molecule has 2 aromatic carbocycles. The van der Waals surface area contributed by atoms with Gasteiger partial charge in [0.15, 0.2) is 6.10 Å². The lowest BCUT2D eigenvalue weighted by Gasteiger charge is -2.19. The molecule has 0 saturated heterocycles. The van der Waals surface area contributed by atoms with Crippen molar-refractivity contribution in [1.29, 1.82) is 0 Å². The number of para-hydroxylation sites is 1. The lowest BCUT2D eigenvalue weighted by molar-refractivity contribution is -0.132. The van der Waals surface area contributed by atoms with E-state index in [1.54, 1.807) is 25.1 Å². The van der Waals surface area contributed by atoms with Gasteiger partial charge in [-0.05, 0) is 55.5 Å². The lowest BCUT2D eigenvalue weighted by atomic mass is 9.98. The maximum Gasteiger partial charge on any atom is 0.279 e. The van der Waals surface area contributed by atoms with Gasteiger partial charge < -0.3 is 9.47 Å². The smallest absolute Gasteiger partial charge is 0.279 e. The summed E-state index contributed by atoms with van der Waals surface area (Å²) in [5.74, 6) is 0.728. The third-order valence-electron chi connectivity index (χ3n) is 4.76. The highest BCUT2D eigenvalue weighted by molar-refractivity contribution is 6.35. The zero-order valence-electron chi connectivity index (χ0n) is 17.9. The van der Waals surface area contributed by atoms with E-state index in [2.05, 4.69) is 24.7 Å². The Hall–Kier alpha value is -2.44. The molecular formula is C23H28Cl2N2O4. The fourth-order valence-corrected chi connectivity index (χ4v) is 3.22. The predicted molar refractivity (Wildman–Crippen MR) is 123 cm³/mol. The monoisotopic (exact) mass is 466 g/mol. The predicted octanol–water partition coefficient (Wildman–Crippen LogP) is 5.28. The molecular weight excluding hydrogens is 439 g/mol. The lowest BCUT2D eigenvalue weighted by Crippen LogP contribution is -2.47. The van der Waals surface area contributed by atoms with Crippen LogP contribution in [0.25, 0.3) is 0 Å². The highest BCUT2D eigenvalue weighted by Gasteiger charge is 2.18. The number of carbonyl (C=O) groups excluding carboxylic acids is 2. The van der Waals surface area contributed by atoms with Crippen molar-refractivity contribution in [3.63, 3.8) is 0 Å². The van der Waals surface area contributed by atoms with E-state index < -0.39 is 12.0 Å². The average molecular weight is 467 g/mol. The molecule has 0 heterocycles. The molecule has 0 bridgehead atoms. The third-order valence-corrected chi connectivity index (χ3v) is 5.29. The second kappa shape index (κ2) is 12.4. The maximum atomic E-state index is 12.3. The summed E-state index contributed by atoms with van der Waals surface area (Å²) in [5, 5.41) is 0.933. The Morgan fingerprint density at radius 2 is 1.77 bits per heavy atom. The van der Waals surface area contributed by atoms with Gasteiger partial charge in [-0.1, -0.05) is 55.2 Å². The molecule has 0 aliphatic heterocycles. The van der Waals surface area contributed by atoms with E-state index in [-0.39, 0.29) is 12.3 Å². The molecule has 0 saturated carbocycles. The standard InChI is InChI=1S/C23H28Cl2N2O4/c1-4-15(2)18-8-5-6-9-20(18)31-16(3)23(29)27-26-22(28)10-7-13-30-21-12-11-17(24)14-19(21)25/h5-6,8-9,11-12,14-16H,4,7,10,13H2,1-3H3,(H,26,28)(H,27,29). The molecule has 2 N–H and O–H groups in total. The van der Waals surface area contributed by atoms with Crippen LogP contribution in [0.1, 0.15) is 51.5 Å². The van der Waals surface area contributed by atoms with Crippen molar-refractivity contribution < 1.29 is 19.1 Å². The van der Waals surface area contributed by atoms with E-state index in [0.717, 1.165) is 12.0 Å². The Morgan fingerprint density at radius 3 is 2.48 bits per heavy atom. The summed E-state index contributed by atoms with van der Waals surface area (Å²) in [5.41, 5.74) is 5.85. The van der Waals surface area contributed by atoms with Crippen LogP contribution >= 0.6 is 23.2 Å². The van der Waals surface area contributed by atoms with E-state index in [0.29, 0.717) is 40.5 Å². The van der Waals surface area contributed by atoms with Gasteiger partial charge in [-0.15, -0.1) is 0 Å². The van der Waals surface area contributed by atoms with Gasteiger partial charge in [-0.2, -0.15) is 0 Å². The fraction of sp³-hybridized carbons (Fsp3) is 0.391. The molecule has 2 atom stereocenters. The molecule has 0 aromatic heterocycles. The van der Waals surface area contributed by atoms with Gasteiger partial charge in [0.25, 0.3) is 5.91 Å². The summed E-state index contributed by atoms with van der Waals surface area (Å²) >= 11 is 11.9. The van der Waals surface area contributed by atoms with Crippen LogP contribution in [0.15, 0.2) is 42.5 Å². The van der Waals surface area contributed by atoms with Gasteiger partial charge >= 0.3 is 0 Å². The van der Waals surface area contributed by atoms with Crippen LogP contribution in [0, 0.1) is 0 Å². The summed E-state index contributed by atoms with van der Waals surface area (Å²) in [6, 6.07) is 12.6. The van der Waals surface area contributed by atoms with Crippen LogP contribution in [-0.4, -0.2) is 24.5 Å². The summed E-state index contributed by atoms with van der Waals surface area (Å²) < 4.78 is 11.4. The van der Waals surface area contributed by atoms with E-state index in [4.69, 9.17) is 32.7 Å². The number of ether oxygens (including phenoxy) is 2. The first-order valence-corrected chi connectivity index (χ1v) is 11.0. The van der Waals surface area contributed by atoms with E-state index in [9.17, 15) is 9.59 Å². The Bertz CT molecular complexity index is 892. The van der Waals surface area contributed by atoms with Crippen LogP contribution in [-0.2, 0) is 9.59 Å². The SMILES string of the molecule is CCC(C)c1ccccc1OC(C)C(=O)NNC(=O)CCCOc1ccc(Cl)cc1Cl. The highest BCUT2D eigenvalue weighted by atomic mass is 35.5. The molecule has 2 unspecified atom stereocenters. The number of amides is 2. The zero-order valence-corrected chi connectivity index (χ0v) is 19.4. The largest absolute Gasteiger partial charge is 0.492 e. The van der Waals surface area contributed by atoms with Gasteiger partial charge in [-0.3, -0.25) is 20.4 Å². The van der Waals surface area contributed by atoms with Crippen LogP contribution < -0.4 is 20.3 Å². The van der Waals surface area contributed by atoms with Crippen molar-refractivity contribution in [3.05, 3.63) is 58.1 Å². The highest BCUT2D eigenvalue weighted by Crippen LogP contribution is 2.29. The summed E-state index contributed by atoms with van der Waals surface area (Å²) in [7, 11) is 0. The van der Waals surface area contributed by atoms with E-state index in [1.165, 1.54) is 0 Å². The van der Waals surface area contributed by atoms with Crippen molar-refractivity contribution >= 4 is 35.0 Å². The number of benzene rings is 2. The van der Waals surface area contributed by atoms with Gasteiger partial charge in [0.05, 0.1) is 11.6 Å². The number of halogens is 2. The number of carbonyl (C=O) groups is 2. The normalized spacial score (nSPS) is 12.5. The van der Waals surface area contributed by atoms with Crippen LogP contribution in [0.2, 0.25) is 10.0 Å². The van der Waals surface area contributed by atoms with Crippen molar-refractivity contribution in [2.24, 2.45) is 0 Å². The summed E-state index contributed by atoms with van der Waals surface area (Å²) in [6.45, 7) is 6.15. The minimum absolute atomic E-state index is 0.178. The molecule has 2 aromatic rings. The number of hydrazine groups is 1. The number of hydrogen-bond donors (Lipinski definition) is 2. The van der Waals surface area contributed by atoms with Crippen LogP contribution in [0.4, 0.5) is 0 Å². The first-order chi connectivity index (χ1) is 14.8. The maximum absolute atomic E-state index is 12.3. The van der Waals surface area contributed by atoms with Crippen molar-refractivity contribution in [2.45, 2.75) is 52.1 Å². The number of hydrogen-bond acceptors (Lipinski definition) is 4. The molecule has 0 aliphatic rings. The van der Waals surface area contributed by atoms with Crippen molar-refractivity contribution in [2.75, 3.05) is 6.61 Å². The van der Waals surface area contributed by atoms with Gasteiger partial charge in [-0.25, -0.2) is 0 Å². The van der Waals surface area contributed by atoms with Gasteiger partial charge in [0.1, 0.15) is 11.5 Å². The average Bonchev–Trinajstić information content (AvgIpc) is 2.76. The zero-order chi connectivity index (χ0) is 22.8. The molecule has 8 heteroatoms. The number of rotatable bonds is 10. The second-order valence-electron chi connectivity index (χ2n) is 7.17. The van der Waals surface area contributed by atoms with Gasteiger partial charge in [0.2, 0.25) is 5.91 Å². The quantitative estimate of drug-likeness (QED) is 0.368. The van der Waals surface area contributed by atoms with Gasteiger partial charge in [0, 0.05) is 11.4 Å². The first-order valence-electron chi connectivity index (χ1n) is 10.2. The molecule has 168 valence electrons. The van der Waals surface area contributed by atoms with Crippen LogP contribution in [0.5, 0.6) is 11.5 Å². The topological polar surface area (TPSA) is 76.7 Å². The molecule has 0 spiro atoms. The Labute approximate surface area is 193 Å². The molecule has 0 fully saturated rings. The Balaban J connectivity index is 1.72. The molecule has 31 heavy (non-hydrogen) atoms. The molecule has 2 amide bonds. The fourth-order valence-electron chi connectivity index (χ4n) is 2.76. The number of nitrogens with one attached hydrogen (secondary N) is 2. The first kappa shape index (κ1) is 24.8.